The SMILES string of the molecule is CCN1c2ccc([N+](=O)[O-])cc2CC2(C(=O)N(C)C(=O)N(C)C2=O)C1C. The molecule has 2 aliphatic rings. The molecule has 0 radical (unpaired) electrons. The van der Waals surface area contributed by atoms with E-state index in [4.69, 9.17) is 0 Å². The Bertz CT molecular complexity index is 812. The van der Waals surface area contributed by atoms with Gasteiger partial charge in [-0.2, -0.15) is 0 Å². The number of hydrogen-bond acceptors (Lipinski definition) is 6. The van der Waals surface area contributed by atoms with Crippen LogP contribution in [0.4, 0.5) is 16.2 Å². The minimum absolute atomic E-state index is 0.0152. The number of nitro groups is 1. The van der Waals surface area contributed by atoms with Crippen molar-refractivity contribution in [2.75, 3.05) is 25.5 Å². The summed E-state index contributed by atoms with van der Waals surface area (Å²) in [7, 11) is 2.70. The average Bonchev–Trinajstić information content (AvgIpc) is 2.63. The molecule has 0 saturated carbocycles. The van der Waals surface area contributed by atoms with Gasteiger partial charge in [-0.05, 0) is 25.5 Å². The average molecular weight is 360 g/mol. The number of hydrogen-bond donors (Lipinski definition) is 0. The molecule has 0 N–H and O–H groups in total. The zero-order chi connectivity index (χ0) is 19.4. The number of carbonyl (C=O) groups excluding carboxylic acids is 3. The Morgan fingerprint density at radius 2 is 1.77 bits per heavy atom. The molecule has 9 heteroatoms. The Kier molecular flexibility index (Phi) is 3.97. The third-order valence-corrected chi connectivity index (χ3v) is 5.52. The molecule has 1 aromatic rings. The van der Waals surface area contributed by atoms with Crippen molar-refractivity contribution in [1.29, 1.82) is 0 Å². The monoisotopic (exact) mass is 360 g/mol. The lowest BCUT2D eigenvalue weighted by atomic mass is 9.68. The summed E-state index contributed by atoms with van der Waals surface area (Å²) >= 11 is 0. The molecule has 2 aliphatic heterocycles. The van der Waals surface area contributed by atoms with E-state index in [0.29, 0.717) is 12.1 Å². The molecule has 1 atom stereocenters. The van der Waals surface area contributed by atoms with Crippen molar-refractivity contribution in [1.82, 2.24) is 9.80 Å². The molecule has 9 nitrogen and oxygen atoms in total. The van der Waals surface area contributed by atoms with E-state index in [-0.39, 0.29) is 12.1 Å². The summed E-state index contributed by atoms with van der Waals surface area (Å²) < 4.78 is 0. The largest absolute Gasteiger partial charge is 0.367 e. The summed E-state index contributed by atoms with van der Waals surface area (Å²) in [5.74, 6) is -1.15. The van der Waals surface area contributed by atoms with Crippen molar-refractivity contribution in [3.05, 3.63) is 33.9 Å². The Hall–Kier alpha value is -2.97. The maximum absolute atomic E-state index is 13.1. The molecule has 4 amide bonds. The van der Waals surface area contributed by atoms with Gasteiger partial charge in [-0.3, -0.25) is 29.5 Å². The lowest BCUT2D eigenvalue weighted by molar-refractivity contribution is -0.384. The van der Waals surface area contributed by atoms with E-state index in [1.165, 1.54) is 26.2 Å². The van der Waals surface area contributed by atoms with Crippen LogP contribution in [0.2, 0.25) is 0 Å². The van der Waals surface area contributed by atoms with Gasteiger partial charge in [0.1, 0.15) is 0 Å². The normalized spacial score (nSPS) is 22.1. The van der Waals surface area contributed by atoms with Crippen molar-refractivity contribution < 1.29 is 19.3 Å². The highest BCUT2D eigenvalue weighted by Gasteiger charge is 2.61. The summed E-state index contributed by atoms with van der Waals surface area (Å²) in [5.41, 5.74) is -0.274. The molecule has 1 unspecified atom stereocenters. The van der Waals surface area contributed by atoms with Gasteiger partial charge >= 0.3 is 6.03 Å². The van der Waals surface area contributed by atoms with Crippen molar-refractivity contribution in [2.45, 2.75) is 26.3 Å². The van der Waals surface area contributed by atoms with Gasteiger partial charge in [0.05, 0.1) is 4.92 Å². The third kappa shape index (κ3) is 2.12. The number of imide groups is 2. The smallest absolute Gasteiger partial charge is 0.332 e. The zero-order valence-electron chi connectivity index (χ0n) is 15.1. The summed E-state index contributed by atoms with van der Waals surface area (Å²) in [6.45, 7) is 4.17. The zero-order valence-corrected chi connectivity index (χ0v) is 15.1. The lowest BCUT2D eigenvalue weighted by Crippen LogP contribution is -2.70. The van der Waals surface area contributed by atoms with E-state index in [0.717, 1.165) is 15.5 Å². The first-order valence-corrected chi connectivity index (χ1v) is 8.31. The maximum Gasteiger partial charge on any atom is 0.332 e. The van der Waals surface area contributed by atoms with Crippen LogP contribution in [-0.4, -0.2) is 59.3 Å². The summed E-state index contributed by atoms with van der Waals surface area (Å²) in [5, 5.41) is 11.1. The number of non-ortho nitro benzene ring substituents is 1. The number of carbonyl (C=O) groups is 3. The second-order valence-corrected chi connectivity index (χ2v) is 6.69. The first-order chi connectivity index (χ1) is 12.2. The molecular formula is C17H20N4O5. The van der Waals surface area contributed by atoms with Crippen LogP contribution in [0.1, 0.15) is 19.4 Å². The van der Waals surface area contributed by atoms with E-state index in [1.54, 1.807) is 13.0 Å². The maximum atomic E-state index is 13.1. The van der Waals surface area contributed by atoms with Crippen LogP contribution in [-0.2, 0) is 16.0 Å². The fourth-order valence-electron chi connectivity index (χ4n) is 4.07. The van der Waals surface area contributed by atoms with Gasteiger partial charge in [0.25, 0.3) is 5.69 Å². The molecular weight excluding hydrogens is 340 g/mol. The van der Waals surface area contributed by atoms with E-state index in [2.05, 4.69) is 0 Å². The quantitative estimate of drug-likeness (QED) is 0.449. The topological polar surface area (TPSA) is 104 Å². The molecule has 1 aromatic carbocycles. The molecule has 1 saturated heterocycles. The van der Waals surface area contributed by atoms with Crippen molar-refractivity contribution in [3.63, 3.8) is 0 Å². The number of anilines is 1. The Morgan fingerprint density at radius 3 is 2.27 bits per heavy atom. The first kappa shape index (κ1) is 17.8. The van der Waals surface area contributed by atoms with Crippen LogP contribution in [0.15, 0.2) is 18.2 Å². The minimum atomic E-state index is -1.49. The molecule has 138 valence electrons. The second kappa shape index (κ2) is 5.79. The van der Waals surface area contributed by atoms with Crippen molar-refractivity contribution >= 4 is 29.2 Å². The summed E-state index contributed by atoms with van der Waals surface area (Å²) in [6, 6.07) is 3.29. The fourth-order valence-corrected chi connectivity index (χ4v) is 4.07. The number of nitro benzene ring substituents is 1. The van der Waals surface area contributed by atoms with E-state index in [9.17, 15) is 24.5 Å². The third-order valence-electron chi connectivity index (χ3n) is 5.52. The second-order valence-electron chi connectivity index (χ2n) is 6.69. The number of benzene rings is 1. The van der Waals surface area contributed by atoms with Crippen molar-refractivity contribution in [3.8, 4) is 0 Å². The van der Waals surface area contributed by atoms with Crippen LogP contribution in [0.25, 0.3) is 0 Å². The Balaban J connectivity index is 2.22. The number of urea groups is 1. The summed E-state index contributed by atoms with van der Waals surface area (Å²) in [4.78, 5) is 52.7. The van der Waals surface area contributed by atoms with E-state index >= 15 is 0 Å². The molecule has 0 bridgehead atoms. The molecule has 1 fully saturated rings. The van der Waals surface area contributed by atoms with Gasteiger partial charge in [0.2, 0.25) is 11.8 Å². The number of barbiturate groups is 1. The minimum Gasteiger partial charge on any atom is -0.367 e. The van der Waals surface area contributed by atoms with E-state index < -0.39 is 34.2 Å². The van der Waals surface area contributed by atoms with Gasteiger partial charge in [-0.15, -0.1) is 0 Å². The standard InChI is InChI=1S/C17H20N4O5/c1-5-20-10(2)17(14(22)18(3)16(24)19(4)15(17)23)9-11-8-12(21(25)26)6-7-13(11)20/h6-8,10H,5,9H2,1-4H3. The van der Waals surface area contributed by atoms with Crippen molar-refractivity contribution in [2.24, 2.45) is 5.41 Å². The number of rotatable bonds is 2. The van der Waals surface area contributed by atoms with Crippen LogP contribution in [0.3, 0.4) is 0 Å². The Morgan fingerprint density at radius 1 is 1.19 bits per heavy atom. The number of nitrogens with zero attached hydrogens (tertiary/aromatic N) is 4. The highest BCUT2D eigenvalue weighted by atomic mass is 16.6. The summed E-state index contributed by atoms with van der Waals surface area (Å²) in [6.07, 6.45) is 0.0152. The molecule has 0 aromatic heterocycles. The van der Waals surface area contributed by atoms with Gasteiger partial charge in [0, 0.05) is 50.9 Å². The lowest BCUT2D eigenvalue weighted by Gasteiger charge is -2.51. The number of amides is 4. The van der Waals surface area contributed by atoms with Gasteiger partial charge < -0.3 is 4.90 Å². The number of fused-ring (bicyclic) bond motifs is 1. The predicted octanol–water partition coefficient (Wildman–Crippen LogP) is 1.40. The van der Waals surface area contributed by atoms with Crippen LogP contribution in [0, 0.1) is 15.5 Å². The van der Waals surface area contributed by atoms with Crippen LogP contribution < -0.4 is 4.90 Å². The van der Waals surface area contributed by atoms with Crippen LogP contribution >= 0.6 is 0 Å². The van der Waals surface area contributed by atoms with Gasteiger partial charge in [0.15, 0.2) is 5.41 Å². The molecule has 1 spiro atoms. The molecule has 3 rings (SSSR count). The highest BCUT2D eigenvalue weighted by Crippen LogP contribution is 2.46. The fraction of sp³-hybridized carbons (Fsp3) is 0.471. The molecule has 2 heterocycles. The van der Waals surface area contributed by atoms with Gasteiger partial charge in [-0.1, -0.05) is 0 Å². The molecule has 26 heavy (non-hydrogen) atoms. The highest BCUT2D eigenvalue weighted by molar-refractivity contribution is 6.20. The van der Waals surface area contributed by atoms with Gasteiger partial charge in [-0.25, -0.2) is 4.79 Å². The Labute approximate surface area is 150 Å². The predicted molar refractivity (Wildman–Crippen MR) is 92.7 cm³/mol. The molecule has 0 aliphatic carbocycles. The van der Waals surface area contributed by atoms with Crippen LogP contribution in [0.5, 0.6) is 0 Å². The van der Waals surface area contributed by atoms with E-state index in [1.807, 2.05) is 11.8 Å². The first-order valence-electron chi connectivity index (χ1n) is 8.31.